The molecule has 1 rings (SSSR count). The Labute approximate surface area is 98.9 Å². The van der Waals surface area contributed by atoms with Crippen LogP contribution in [0.15, 0.2) is 16.8 Å². The summed E-state index contributed by atoms with van der Waals surface area (Å²) in [5.74, 6) is 0.832. The second-order valence-electron chi connectivity index (χ2n) is 3.03. The van der Waals surface area contributed by atoms with Crippen molar-refractivity contribution in [2.75, 3.05) is 19.9 Å². The molecule has 0 aliphatic carbocycles. The lowest BCUT2D eigenvalue weighted by atomic mass is 10.2. The van der Waals surface area contributed by atoms with Gasteiger partial charge in [0.05, 0.1) is 12.7 Å². The molecule has 1 heterocycles. The van der Waals surface area contributed by atoms with Crippen molar-refractivity contribution in [3.8, 4) is 0 Å². The molecule has 0 saturated carbocycles. The molecule has 1 aliphatic heterocycles. The predicted octanol–water partition coefficient (Wildman–Crippen LogP) is -0.113. The van der Waals surface area contributed by atoms with Gasteiger partial charge in [0.2, 0.25) is 0 Å². The standard InChI is InChI=1S/C9H16N4O2S/c1-4-16-9-11-5-6(7(10)12-9)8(14)13(2)15-3/h5,9,11H,4H2,1-3H3,(H2,10,12). The van der Waals surface area contributed by atoms with Gasteiger partial charge in [0.15, 0.2) is 5.50 Å². The van der Waals surface area contributed by atoms with Crippen LogP contribution in [0.1, 0.15) is 6.92 Å². The Kier molecular flexibility index (Phi) is 4.63. The van der Waals surface area contributed by atoms with Crippen LogP contribution in [0.2, 0.25) is 0 Å². The Bertz CT molecular complexity index is 329. The van der Waals surface area contributed by atoms with Crippen LogP contribution >= 0.6 is 11.8 Å². The van der Waals surface area contributed by atoms with Gasteiger partial charge >= 0.3 is 0 Å². The number of carbonyl (C=O) groups is 1. The minimum absolute atomic E-state index is 0.116. The van der Waals surface area contributed by atoms with Crippen molar-refractivity contribution in [2.45, 2.75) is 12.4 Å². The van der Waals surface area contributed by atoms with Gasteiger partial charge in [-0.3, -0.25) is 9.63 Å². The third-order valence-corrected chi connectivity index (χ3v) is 2.91. The Hall–Kier alpha value is -1.21. The van der Waals surface area contributed by atoms with E-state index in [1.54, 1.807) is 18.0 Å². The van der Waals surface area contributed by atoms with Gasteiger partial charge in [0.25, 0.3) is 5.91 Å². The lowest BCUT2D eigenvalue weighted by Crippen LogP contribution is -2.38. The summed E-state index contributed by atoms with van der Waals surface area (Å²) in [5, 5.41) is 4.09. The largest absolute Gasteiger partial charge is 0.383 e. The average Bonchev–Trinajstić information content (AvgIpc) is 2.28. The average molecular weight is 244 g/mol. The number of amidine groups is 1. The summed E-state index contributed by atoms with van der Waals surface area (Å²) in [6, 6.07) is 0. The smallest absolute Gasteiger partial charge is 0.282 e. The Morgan fingerprint density at radius 2 is 2.50 bits per heavy atom. The van der Waals surface area contributed by atoms with E-state index < -0.39 is 0 Å². The number of aliphatic imine (C=N–C) groups is 1. The Balaban J connectivity index is 2.72. The van der Waals surface area contributed by atoms with E-state index in [1.165, 1.54) is 14.2 Å². The number of amides is 1. The van der Waals surface area contributed by atoms with E-state index in [9.17, 15) is 4.79 Å². The van der Waals surface area contributed by atoms with Crippen molar-refractivity contribution in [3.05, 3.63) is 11.8 Å². The molecular weight excluding hydrogens is 228 g/mol. The second kappa shape index (κ2) is 5.76. The maximum atomic E-state index is 11.7. The summed E-state index contributed by atoms with van der Waals surface area (Å²) in [6.07, 6.45) is 1.58. The summed E-state index contributed by atoms with van der Waals surface area (Å²) < 4.78 is 0. The number of nitrogens with zero attached hydrogens (tertiary/aromatic N) is 2. The topological polar surface area (TPSA) is 80.0 Å². The number of hydrogen-bond acceptors (Lipinski definition) is 6. The molecule has 0 spiro atoms. The first kappa shape index (κ1) is 12.9. The molecular formula is C9H16N4O2S. The minimum Gasteiger partial charge on any atom is -0.383 e. The van der Waals surface area contributed by atoms with Gasteiger partial charge in [-0.05, 0) is 5.75 Å². The third kappa shape index (κ3) is 2.89. The van der Waals surface area contributed by atoms with Crippen molar-refractivity contribution in [3.63, 3.8) is 0 Å². The highest BCUT2D eigenvalue weighted by Crippen LogP contribution is 2.14. The summed E-state index contributed by atoms with van der Waals surface area (Å²) in [7, 11) is 2.93. The number of nitrogens with one attached hydrogen (secondary N) is 1. The molecule has 0 radical (unpaired) electrons. The summed E-state index contributed by atoms with van der Waals surface area (Å²) >= 11 is 1.60. The lowest BCUT2D eigenvalue weighted by molar-refractivity contribution is -0.163. The molecule has 1 unspecified atom stereocenters. The highest BCUT2D eigenvalue weighted by Gasteiger charge is 2.22. The van der Waals surface area contributed by atoms with Crippen LogP contribution in [0.3, 0.4) is 0 Å². The van der Waals surface area contributed by atoms with Crippen LogP contribution in [-0.4, -0.2) is 42.2 Å². The van der Waals surface area contributed by atoms with E-state index in [2.05, 4.69) is 10.3 Å². The zero-order chi connectivity index (χ0) is 12.1. The van der Waals surface area contributed by atoms with Gasteiger partial charge in [0, 0.05) is 13.2 Å². The minimum atomic E-state index is -0.323. The number of carbonyl (C=O) groups excluding carboxylic acids is 1. The molecule has 0 fully saturated rings. The van der Waals surface area contributed by atoms with Gasteiger partial charge < -0.3 is 11.1 Å². The third-order valence-electron chi connectivity index (χ3n) is 2.02. The SMILES string of the molecule is CCSC1N=C(N)C(C(=O)N(C)OC)=CN1. The predicted molar refractivity (Wildman–Crippen MR) is 64.5 cm³/mol. The van der Waals surface area contributed by atoms with Crippen LogP contribution in [0, 0.1) is 0 Å². The van der Waals surface area contributed by atoms with E-state index in [-0.39, 0.29) is 17.2 Å². The van der Waals surface area contributed by atoms with Crippen LogP contribution in [0.4, 0.5) is 0 Å². The van der Waals surface area contributed by atoms with E-state index in [4.69, 9.17) is 10.6 Å². The molecule has 0 saturated heterocycles. The fourth-order valence-electron chi connectivity index (χ4n) is 1.13. The van der Waals surface area contributed by atoms with Crippen LogP contribution < -0.4 is 11.1 Å². The number of rotatable bonds is 4. The molecule has 90 valence electrons. The quantitative estimate of drug-likeness (QED) is 0.674. The van der Waals surface area contributed by atoms with Gasteiger partial charge in [-0.1, -0.05) is 6.92 Å². The number of nitrogens with two attached hydrogens (primary N) is 1. The maximum Gasteiger partial charge on any atom is 0.282 e. The van der Waals surface area contributed by atoms with Gasteiger partial charge in [0.1, 0.15) is 5.84 Å². The Morgan fingerprint density at radius 1 is 1.81 bits per heavy atom. The first-order valence-corrected chi connectivity index (χ1v) is 5.88. The summed E-state index contributed by atoms with van der Waals surface area (Å²) in [6.45, 7) is 2.03. The molecule has 1 amide bonds. The van der Waals surface area contributed by atoms with Crippen molar-refractivity contribution in [1.29, 1.82) is 0 Å². The molecule has 0 aromatic heterocycles. The monoisotopic (exact) mass is 244 g/mol. The Morgan fingerprint density at radius 3 is 3.00 bits per heavy atom. The zero-order valence-corrected chi connectivity index (χ0v) is 10.4. The molecule has 0 aromatic carbocycles. The molecule has 7 heteroatoms. The van der Waals surface area contributed by atoms with Crippen molar-refractivity contribution in [1.82, 2.24) is 10.4 Å². The van der Waals surface area contributed by atoms with E-state index in [0.29, 0.717) is 5.57 Å². The summed E-state index contributed by atoms with van der Waals surface area (Å²) in [5.41, 5.74) is 5.92. The van der Waals surface area contributed by atoms with E-state index >= 15 is 0 Å². The molecule has 0 bridgehead atoms. The molecule has 0 aromatic rings. The van der Waals surface area contributed by atoms with E-state index in [0.717, 1.165) is 10.8 Å². The zero-order valence-electron chi connectivity index (χ0n) is 9.56. The lowest BCUT2D eigenvalue weighted by Gasteiger charge is -2.21. The van der Waals surface area contributed by atoms with Gasteiger partial charge in [-0.2, -0.15) is 0 Å². The fourth-order valence-corrected chi connectivity index (χ4v) is 1.80. The molecule has 1 atom stereocenters. The van der Waals surface area contributed by atoms with Crippen molar-refractivity contribution >= 4 is 23.5 Å². The molecule has 6 nitrogen and oxygen atoms in total. The number of hydrogen-bond donors (Lipinski definition) is 2. The first-order chi connectivity index (χ1) is 7.60. The van der Waals surface area contributed by atoms with Crippen LogP contribution in [-0.2, 0) is 9.63 Å². The summed E-state index contributed by atoms with van der Waals surface area (Å²) in [4.78, 5) is 20.7. The fraction of sp³-hybridized carbons (Fsp3) is 0.556. The highest BCUT2D eigenvalue weighted by molar-refractivity contribution is 7.99. The maximum absolute atomic E-state index is 11.7. The number of thioether (sulfide) groups is 1. The van der Waals surface area contributed by atoms with Gasteiger partial charge in [-0.25, -0.2) is 10.1 Å². The molecule has 16 heavy (non-hydrogen) atoms. The van der Waals surface area contributed by atoms with Crippen LogP contribution in [0.25, 0.3) is 0 Å². The number of hydroxylamine groups is 2. The van der Waals surface area contributed by atoms with Crippen molar-refractivity contribution < 1.29 is 9.63 Å². The van der Waals surface area contributed by atoms with E-state index in [1.807, 2.05) is 6.92 Å². The van der Waals surface area contributed by atoms with Crippen molar-refractivity contribution in [2.24, 2.45) is 10.7 Å². The highest BCUT2D eigenvalue weighted by atomic mass is 32.2. The first-order valence-electron chi connectivity index (χ1n) is 4.83. The second-order valence-corrected chi connectivity index (χ2v) is 4.39. The number of likely N-dealkylation sites (N-methyl/N-ethyl adjacent to an activating group) is 1. The van der Waals surface area contributed by atoms with Crippen LogP contribution in [0.5, 0.6) is 0 Å². The normalized spacial score (nSPS) is 19.6. The van der Waals surface area contributed by atoms with Gasteiger partial charge in [-0.15, -0.1) is 11.8 Å². The molecule has 1 aliphatic rings. The molecule has 3 N–H and O–H groups in total.